The van der Waals surface area contributed by atoms with E-state index in [0.29, 0.717) is 4.88 Å². The third-order valence-electron chi connectivity index (χ3n) is 3.68. The van der Waals surface area contributed by atoms with Gasteiger partial charge in [0.05, 0.1) is 4.88 Å². The van der Waals surface area contributed by atoms with E-state index in [2.05, 4.69) is 17.2 Å². The molecule has 0 atom stereocenters. The Labute approximate surface area is 112 Å². The van der Waals surface area contributed by atoms with Crippen molar-refractivity contribution in [2.75, 3.05) is 13.1 Å². The summed E-state index contributed by atoms with van der Waals surface area (Å²) in [5.41, 5.74) is 2.17. The Morgan fingerprint density at radius 3 is 2.83 bits per heavy atom. The van der Waals surface area contributed by atoms with Crippen LogP contribution < -0.4 is 11.3 Å². The lowest BCUT2D eigenvalue weighted by Gasteiger charge is -2.31. The second kappa shape index (κ2) is 6.31. The van der Waals surface area contributed by atoms with E-state index < -0.39 is 0 Å². The highest BCUT2D eigenvalue weighted by Gasteiger charge is 2.18. The highest BCUT2D eigenvalue weighted by atomic mass is 32.1. The molecule has 0 unspecified atom stereocenters. The zero-order chi connectivity index (χ0) is 13.0. The Balaban J connectivity index is 1.86. The van der Waals surface area contributed by atoms with Crippen LogP contribution in [0, 0.1) is 5.92 Å². The second-order valence-corrected chi connectivity index (χ2v) is 6.04. The highest BCUT2D eigenvalue weighted by Crippen LogP contribution is 2.23. The summed E-state index contributed by atoms with van der Waals surface area (Å²) in [6.07, 6.45) is 3.91. The fourth-order valence-electron chi connectivity index (χ4n) is 2.43. The number of hydrazine groups is 1. The molecule has 1 aliphatic heterocycles. The lowest BCUT2D eigenvalue weighted by molar-refractivity contribution is 0.0957. The molecule has 100 valence electrons. The molecule has 1 aliphatic rings. The van der Waals surface area contributed by atoms with Gasteiger partial charge in [0.1, 0.15) is 0 Å². The monoisotopic (exact) mass is 267 g/mol. The number of rotatable bonds is 4. The zero-order valence-corrected chi connectivity index (χ0v) is 11.6. The van der Waals surface area contributed by atoms with E-state index in [1.807, 2.05) is 12.1 Å². The van der Waals surface area contributed by atoms with Crippen molar-refractivity contribution < 1.29 is 4.79 Å². The number of piperidine rings is 1. The first-order chi connectivity index (χ1) is 8.72. The zero-order valence-electron chi connectivity index (χ0n) is 10.8. The Hall–Kier alpha value is -0.910. The van der Waals surface area contributed by atoms with Crippen molar-refractivity contribution in [3.63, 3.8) is 0 Å². The van der Waals surface area contributed by atoms with Crippen LogP contribution in [-0.2, 0) is 6.54 Å². The van der Waals surface area contributed by atoms with Crippen LogP contribution in [0.4, 0.5) is 0 Å². The Morgan fingerprint density at radius 2 is 2.22 bits per heavy atom. The van der Waals surface area contributed by atoms with Gasteiger partial charge in [-0.1, -0.05) is 13.3 Å². The maximum Gasteiger partial charge on any atom is 0.275 e. The summed E-state index contributed by atoms with van der Waals surface area (Å²) in [5, 5.41) is 0. The van der Waals surface area contributed by atoms with Crippen LogP contribution in [0.2, 0.25) is 0 Å². The van der Waals surface area contributed by atoms with Crippen molar-refractivity contribution in [3.8, 4) is 0 Å². The normalized spacial score (nSPS) is 17.9. The Morgan fingerprint density at radius 1 is 1.50 bits per heavy atom. The molecule has 0 aromatic carbocycles. The molecule has 0 radical (unpaired) electrons. The first-order valence-electron chi connectivity index (χ1n) is 6.55. The van der Waals surface area contributed by atoms with Gasteiger partial charge in [0.25, 0.3) is 5.91 Å². The van der Waals surface area contributed by atoms with Gasteiger partial charge in [-0.25, -0.2) is 5.84 Å². The van der Waals surface area contributed by atoms with Crippen molar-refractivity contribution in [1.29, 1.82) is 0 Å². The molecule has 1 saturated heterocycles. The summed E-state index contributed by atoms with van der Waals surface area (Å²) in [4.78, 5) is 15.8. The summed E-state index contributed by atoms with van der Waals surface area (Å²) in [6.45, 7) is 5.58. The van der Waals surface area contributed by atoms with Gasteiger partial charge >= 0.3 is 0 Å². The van der Waals surface area contributed by atoms with Gasteiger partial charge in [-0.15, -0.1) is 11.3 Å². The molecule has 4 nitrogen and oxygen atoms in total. The predicted octanol–water partition coefficient (Wildman–Crippen LogP) is 1.97. The molecule has 0 saturated carbocycles. The molecule has 0 bridgehead atoms. The van der Waals surface area contributed by atoms with E-state index in [0.717, 1.165) is 12.5 Å². The topological polar surface area (TPSA) is 58.4 Å². The van der Waals surface area contributed by atoms with E-state index in [1.165, 1.54) is 48.6 Å². The van der Waals surface area contributed by atoms with Crippen LogP contribution in [0.25, 0.3) is 0 Å². The quantitative estimate of drug-likeness (QED) is 0.498. The molecule has 0 spiro atoms. The van der Waals surface area contributed by atoms with Crippen molar-refractivity contribution in [2.45, 2.75) is 32.7 Å². The molecule has 1 aromatic heterocycles. The lowest BCUT2D eigenvalue weighted by Crippen LogP contribution is -2.32. The number of carbonyl (C=O) groups excluding carboxylic acids is 1. The Bertz CT molecular complexity index is 397. The summed E-state index contributed by atoms with van der Waals surface area (Å²) in [7, 11) is 0. The van der Waals surface area contributed by atoms with Gasteiger partial charge < -0.3 is 0 Å². The molecule has 1 fully saturated rings. The van der Waals surface area contributed by atoms with Crippen LogP contribution in [0.1, 0.15) is 40.7 Å². The number of nitrogens with zero attached hydrogens (tertiary/aromatic N) is 1. The molecule has 1 amide bonds. The van der Waals surface area contributed by atoms with Crippen molar-refractivity contribution in [3.05, 3.63) is 21.9 Å². The minimum absolute atomic E-state index is 0.198. The first-order valence-corrected chi connectivity index (χ1v) is 7.36. The van der Waals surface area contributed by atoms with Gasteiger partial charge in [-0.3, -0.25) is 15.1 Å². The number of amides is 1. The fraction of sp³-hybridized carbons (Fsp3) is 0.615. The number of carbonyl (C=O) groups is 1. The number of nitrogens with one attached hydrogen (secondary N) is 1. The van der Waals surface area contributed by atoms with E-state index in [9.17, 15) is 4.79 Å². The van der Waals surface area contributed by atoms with Crippen LogP contribution in [-0.4, -0.2) is 23.9 Å². The molecule has 2 heterocycles. The van der Waals surface area contributed by atoms with Crippen LogP contribution in [0.5, 0.6) is 0 Å². The fourth-order valence-corrected chi connectivity index (χ4v) is 3.38. The van der Waals surface area contributed by atoms with Gasteiger partial charge in [0.2, 0.25) is 0 Å². The van der Waals surface area contributed by atoms with Crippen molar-refractivity contribution in [2.24, 2.45) is 11.8 Å². The Kier molecular flexibility index (Phi) is 4.74. The van der Waals surface area contributed by atoms with Crippen molar-refractivity contribution in [1.82, 2.24) is 10.3 Å². The van der Waals surface area contributed by atoms with E-state index in [1.54, 1.807) is 0 Å². The average molecular weight is 267 g/mol. The predicted molar refractivity (Wildman–Crippen MR) is 74.3 cm³/mol. The molecule has 2 rings (SSSR count). The van der Waals surface area contributed by atoms with Crippen LogP contribution in [0.15, 0.2) is 12.1 Å². The number of hydrogen-bond acceptors (Lipinski definition) is 4. The van der Waals surface area contributed by atoms with E-state index >= 15 is 0 Å². The largest absolute Gasteiger partial charge is 0.298 e. The van der Waals surface area contributed by atoms with E-state index in [4.69, 9.17) is 5.84 Å². The minimum Gasteiger partial charge on any atom is -0.298 e. The molecular formula is C13H21N3OS. The second-order valence-electron chi connectivity index (χ2n) is 4.87. The molecule has 1 aromatic rings. The van der Waals surface area contributed by atoms with Gasteiger partial charge in [0.15, 0.2) is 0 Å². The molecule has 3 N–H and O–H groups in total. The van der Waals surface area contributed by atoms with Gasteiger partial charge in [-0.05, 0) is 44.0 Å². The lowest BCUT2D eigenvalue weighted by atomic mass is 9.94. The maximum atomic E-state index is 11.4. The van der Waals surface area contributed by atoms with Crippen LogP contribution in [0.3, 0.4) is 0 Å². The number of hydrogen-bond donors (Lipinski definition) is 2. The summed E-state index contributed by atoms with van der Waals surface area (Å²) in [6, 6.07) is 3.88. The van der Waals surface area contributed by atoms with Gasteiger partial charge in [0, 0.05) is 11.4 Å². The first kappa shape index (κ1) is 13.5. The minimum atomic E-state index is -0.198. The summed E-state index contributed by atoms with van der Waals surface area (Å²) in [5.74, 6) is 5.83. The maximum absolute atomic E-state index is 11.4. The number of nitrogens with two attached hydrogens (primary N) is 1. The highest BCUT2D eigenvalue weighted by molar-refractivity contribution is 7.14. The number of thiophene rings is 1. The average Bonchev–Trinajstić information content (AvgIpc) is 2.87. The molecular weight excluding hydrogens is 246 g/mol. The third kappa shape index (κ3) is 3.31. The van der Waals surface area contributed by atoms with Gasteiger partial charge in [-0.2, -0.15) is 0 Å². The van der Waals surface area contributed by atoms with E-state index in [-0.39, 0.29) is 5.91 Å². The third-order valence-corrected chi connectivity index (χ3v) is 4.75. The SMILES string of the molecule is CCC1CCN(Cc2ccc(C(=O)NN)s2)CC1. The standard InChI is InChI=1S/C13H21N3OS/c1-2-10-5-7-16(8-6-10)9-11-3-4-12(18-11)13(17)15-14/h3-4,10H,2,5-9,14H2,1H3,(H,15,17). The van der Waals surface area contributed by atoms with Crippen LogP contribution >= 0.6 is 11.3 Å². The van der Waals surface area contributed by atoms with Crippen molar-refractivity contribution >= 4 is 17.2 Å². The number of likely N-dealkylation sites (tertiary alicyclic amines) is 1. The summed E-state index contributed by atoms with van der Waals surface area (Å²) < 4.78 is 0. The summed E-state index contributed by atoms with van der Waals surface area (Å²) >= 11 is 1.53. The molecule has 18 heavy (non-hydrogen) atoms. The number of nitrogen functional groups attached to an aromatic ring is 1. The molecule has 5 heteroatoms. The smallest absolute Gasteiger partial charge is 0.275 e. The molecule has 0 aliphatic carbocycles.